The standard InChI is InChI=1S/C17H15Cl3N2O4/c1-8(16(23)22-13-7-9(18)3-4-14(13)25-2)26-17(24)11-5-10(19)6-12(20)15(11)21/h3-8H,21H2,1-2H3,(H,22,23). The lowest BCUT2D eigenvalue weighted by Gasteiger charge is -2.16. The van der Waals surface area contributed by atoms with Crippen LogP contribution in [0.5, 0.6) is 5.75 Å². The molecule has 0 spiro atoms. The molecule has 2 aromatic carbocycles. The molecule has 2 aromatic rings. The van der Waals surface area contributed by atoms with Crippen molar-refractivity contribution in [2.24, 2.45) is 0 Å². The predicted octanol–water partition coefficient (Wildman–Crippen LogP) is 4.42. The number of amides is 1. The molecule has 0 bridgehead atoms. The second-order valence-electron chi connectivity index (χ2n) is 5.23. The minimum atomic E-state index is -1.12. The smallest absolute Gasteiger partial charge is 0.341 e. The van der Waals surface area contributed by atoms with E-state index in [-0.39, 0.29) is 21.3 Å². The van der Waals surface area contributed by atoms with Gasteiger partial charge in [0, 0.05) is 10.0 Å². The highest BCUT2D eigenvalue weighted by Crippen LogP contribution is 2.29. The average molecular weight is 418 g/mol. The van der Waals surface area contributed by atoms with E-state index < -0.39 is 18.0 Å². The van der Waals surface area contributed by atoms with Gasteiger partial charge in [0.05, 0.1) is 29.1 Å². The number of nitrogen functional groups attached to an aromatic ring is 1. The molecule has 1 unspecified atom stereocenters. The largest absolute Gasteiger partial charge is 0.495 e. The molecule has 0 aliphatic rings. The first kappa shape index (κ1) is 20.2. The van der Waals surface area contributed by atoms with Gasteiger partial charge < -0.3 is 20.5 Å². The number of carbonyl (C=O) groups excluding carboxylic acids is 2. The van der Waals surface area contributed by atoms with Crippen LogP contribution in [0.4, 0.5) is 11.4 Å². The summed E-state index contributed by atoms with van der Waals surface area (Å²) in [6.07, 6.45) is -1.12. The van der Waals surface area contributed by atoms with Gasteiger partial charge in [-0.05, 0) is 37.3 Å². The number of anilines is 2. The molecule has 0 fully saturated rings. The van der Waals surface area contributed by atoms with Crippen LogP contribution in [0.3, 0.4) is 0 Å². The molecule has 0 aliphatic carbocycles. The van der Waals surface area contributed by atoms with Crippen LogP contribution in [0.1, 0.15) is 17.3 Å². The van der Waals surface area contributed by atoms with Crippen molar-refractivity contribution in [1.82, 2.24) is 0 Å². The zero-order valence-electron chi connectivity index (χ0n) is 13.8. The summed E-state index contributed by atoms with van der Waals surface area (Å²) in [5.41, 5.74) is 6.10. The normalized spacial score (nSPS) is 11.6. The molecule has 6 nitrogen and oxygen atoms in total. The molecule has 0 radical (unpaired) electrons. The minimum absolute atomic E-state index is 0.0187. The monoisotopic (exact) mass is 416 g/mol. The highest BCUT2D eigenvalue weighted by atomic mass is 35.5. The topological polar surface area (TPSA) is 90.6 Å². The molecule has 2 rings (SSSR count). The molecule has 0 aliphatic heterocycles. The molecule has 0 saturated heterocycles. The van der Waals surface area contributed by atoms with Gasteiger partial charge in [0.1, 0.15) is 5.75 Å². The van der Waals surface area contributed by atoms with Gasteiger partial charge in [-0.15, -0.1) is 0 Å². The SMILES string of the molecule is COc1ccc(Cl)cc1NC(=O)C(C)OC(=O)c1cc(Cl)cc(Cl)c1N. The lowest BCUT2D eigenvalue weighted by Crippen LogP contribution is -2.30. The third-order valence-corrected chi connectivity index (χ3v) is 4.15. The second kappa shape index (κ2) is 8.49. The van der Waals surface area contributed by atoms with Crippen LogP contribution in [0.15, 0.2) is 30.3 Å². The summed E-state index contributed by atoms with van der Waals surface area (Å²) in [6, 6.07) is 7.45. The van der Waals surface area contributed by atoms with Gasteiger partial charge in [-0.3, -0.25) is 4.79 Å². The third kappa shape index (κ3) is 4.72. The summed E-state index contributed by atoms with van der Waals surface area (Å²) in [7, 11) is 1.45. The van der Waals surface area contributed by atoms with Crippen molar-refractivity contribution in [2.45, 2.75) is 13.0 Å². The maximum Gasteiger partial charge on any atom is 0.341 e. The van der Waals surface area contributed by atoms with Crippen LogP contribution >= 0.6 is 34.8 Å². The zero-order valence-corrected chi connectivity index (χ0v) is 16.1. The van der Waals surface area contributed by atoms with E-state index in [1.807, 2.05) is 0 Å². The number of halogens is 3. The molecule has 0 saturated carbocycles. The van der Waals surface area contributed by atoms with Gasteiger partial charge >= 0.3 is 5.97 Å². The molecule has 1 atom stereocenters. The van der Waals surface area contributed by atoms with Crippen molar-refractivity contribution in [3.8, 4) is 5.75 Å². The Kier molecular flexibility index (Phi) is 6.58. The Hall–Kier alpha value is -2.15. The van der Waals surface area contributed by atoms with E-state index in [0.717, 1.165) is 0 Å². The fourth-order valence-corrected chi connectivity index (χ4v) is 2.71. The number of carbonyl (C=O) groups is 2. The summed E-state index contributed by atoms with van der Waals surface area (Å²) in [5.74, 6) is -0.995. The molecular weight excluding hydrogens is 403 g/mol. The van der Waals surface area contributed by atoms with Crippen molar-refractivity contribution in [3.05, 3.63) is 51.0 Å². The summed E-state index contributed by atoms with van der Waals surface area (Å²) >= 11 is 17.7. The average Bonchev–Trinajstić information content (AvgIpc) is 2.58. The Labute approximate surface area is 165 Å². The van der Waals surface area contributed by atoms with E-state index in [1.165, 1.54) is 32.2 Å². The van der Waals surface area contributed by atoms with E-state index in [2.05, 4.69) is 5.32 Å². The predicted molar refractivity (Wildman–Crippen MR) is 102 cm³/mol. The first-order valence-electron chi connectivity index (χ1n) is 7.32. The molecule has 0 heterocycles. The number of methoxy groups -OCH3 is 1. The Morgan fingerprint density at radius 3 is 2.46 bits per heavy atom. The number of rotatable bonds is 5. The lowest BCUT2D eigenvalue weighted by molar-refractivity contribution is -0.123. The molecule has 26 heavy (non-hydrogen) atoms. The Morgan fingerprint density at radius 2 is 1.81 bits per heavy atom. The van der Waals surface area contributed by atoms with Crippen molar-refractivity contribution in [3.63, 3.8) is 0 Å². The van der Waals surface area contributed by atoms with Gasteiger partial charge in [0.25, 0.3) is 5.91 Å². The zero-order chi connectivity index (χ0) is 19.4. The summed E-state index contributed by atoms with van der Waals surface area (Å²) in [6.45, 7) is 1.41. The number of hydrogen-bond acceptors (Lipinski definition) is 5. The highest BCUT2D eigenvalue weighted by molar-refractivity contribution is 6.37. The number of benzene rings is 2. The fraction of sp³-hybridized carbons (Fsp3) is 0.176. The number of nitrogens with one attached hydrogen (secondary N) is 1. The molecule has 3 N–H and O–H groups in total. The molecule has 1 amide bonds. The van der Waals surface area contributed by atoms with Crippen LogP contribution in [0.25, 0.3) is 0 Å². The summed E-state index contributed by atoms with van der Waals surface area (Å²) in [5, 5.41) is 3.33. The number of ether oxygens (including phenoxy) is 2. The number of esters is 1. The minimum Gasteiger partial charge on any atom is -0.495 e. The fourth-order valence-electron chi connectivity index (χ4n) is 2.04. The van der Waals surface area contributed by atoms with E-state index in [1.54, 1.807) is 12.1 Å². The van der Waals surface area contributed by atoms with Crippen molar-refractivity contribution < 1.29 is 19.1 Å². The number of nitrogens with two attached hydrogens (primary N) is 1. The highest BCUT2D eigenvalue weighted by Gasteiger charge is 2.22. The van der Waals surface area contributed by atoms with Crippen LogP contribution in [-0.2, 0) is 9.53 Å². The van der Waals surface area contributed by atoms with Gasteiger partial charge in [0.15, 0.2) is 6.10 Å². The summed E-state index contributed by atoms with van der Waals surface area (Å²) in [4.78, 5) is 24.6. The van der Waals surface area contributed by atoms with Crippen molar-refractivity contribution in [2.75, 3.05) is 18.2 Å². The Morgan fingerprint density at radius 1 is 1.12 bits per heavy atom. The van der Waals surface area contributed by atoms with Gasteiger partial charge in [-0.2, -0.15) is 0 Å². The van der Waals surface area contributed by atoms with E-state index in [4.69, 9.17) is 50.0 Å². The molecular formula is C17H15Cl3N2O4. The van der Waals surface area contributed by atoms with Crippen molar-refractivity contribution >= 4 is 58.1 Å². The van der Waals surface area contributed by atoms with Crippen LogP contribution < -0.4 is 15.8 Å². The quantitative estimate of drug-likeness (QED) is 0.555. The van der Waals surface area contributed by atoms with Gasteiger partial charge in [-0.1, -0.05) is 34.8 Å². The van der Waals surface area contributed by atoms with E-state index >= 15 is 0 Å². The number of hydrogen-bond donors (Lipinski definition) is 2. The lowest BCUT2D eigenvalue weighted by atomic mass is 10.2. The van der Waals surface area contributed by atoms with E-state index in [9.17, 15) is 9.59 Å². The Balaban J connectivity index is 2.12. The van der Waals surface area contributed by atoms with Gasteiger partial charge in [0.2, 0.25) is 0 Å². The maximum atomic E-state index is 12.3. The third-order valence-electron chi connectivity index (χ3n) is 3.39. The summed E-state index contributed by atoms with van der Waals surface area (Å²) < 4.78 is 10.3. The molecule has 0 aromatic heterocycles. The van der Waals surface area contributed by atoms with Gasteiger partial charge in [-0.25, -0.2) is 4.79 Å². The Bertz CT molecular complexity index is 858. The first-order valence-corrected chi connectivity index (χ1v) is 8.46. The van der Waals surface area contributed by atoms with Crippen LogP contribution in [-0.4, -0.2) is 25.1 Å². The van der Waals surface area contributed by atoms with Crippen LogP contribution in [0.2, 0.25) is 15.1 Å². The molecule has 138 valence electrons. The van der Waals surface area contributed by atoms with Crippen LogP contribution in [0, 0.1) is 0 Å². The first-order chi connectivity index (χ1) is 12.2. The van der Waals surface area contributed by atoms with E-state index in [0.29, 0.717) is 16.5 Å². The maximum absolute atomic E-state index is 12.3. The second-order valence-corrected chi connectivity index (χ2v) is 6.51. The molecule has 9 heteroatoms. The van der Waals surface area contributed by atoms with Crippen molar-refractivity contribution in [1.29, 1.82) is 0 Å².